The summed E-state index contributed by atoms with van der Waals surface area (Å²) in [5.41, 5.74) is 3.34. The summed E-state index contributed by atoms with van der Waals surface area (Å²) in [6.45, 7) is 1.91. The Morgan fingerprint density at radius 2 is 1.64 bits per heavy atom. The van der Waals surface area contributed by atoms with Crippen LogP contribution in [-0.4, -0.2) is 9.97 Å². The van der Waals surface area contributed by atoms with Crippen molar-refractivity contribution in [1.29, 1.82) is 0 Å². The van der Waals surface area contributed by atoms with E-state index >= 15 is 0 Å². The Morgan fingerprint density at radius 1 is 0.864 bits per heavy atom. The van der Waals surface area contributed by atoms with Gasteiger partial charge in [-0.15, -0.1) is 0 Å². The van der Waals surface area contributed by atoms with Crippen molar-refractivity contribution in [1.82, 2.24) is 9.97 Å². The van der Waals surface area contributed by atoms with Gasteiger partial charge < -0.3 is 4.42 Å². The molecule has 0 radical (unpaired) electrons. The van der Waals surface area contributed by atoms with Crippen LogP contribution in [0.5, 0.6) is 0 Å². The molecule has 4 nitrogen and oxygen atoms in total. The van der Waals surface area contributed by atoms with E-state index in [0.29, 0.717) is 11.2 Å². The van der Waals surface area contributed by atoms with Crippen LogP contribution in [0.2, 0.25) is 0 Å². The Labute approximate surface area is 126 Å². The van der Waals surface area contributed by atoms with Crippen LogP contribution in [0.4, 0.5) is 0 Å². The fourth-order valence-corrected chi connectivity index (χ4v) is 2.59. The highest BCUT2D eigenvalue weighted by atomic mass is 16.4. The zero-order valence-corrected chi connectivity index (χ0v) is 11.9. The van der Waals surface area contributed by atoms with E-state index in [1.165, 1.54) is 6.07 Å². The quantitative estimate of drug-likeness (QED) is 0.501. The van der Waals surface area contributed by atoms with Crippen molar-refractivity contribution in [3.05, 3.63) is 70.7 Å². The van der Waals surface area contributed by atoms with Gasteiger partial charge >= 0.3 is 5.63 Å². The van der Waals surface area contributed by atoms with Crippen molar-refractivity contribution in [2.75, 3.05) is 0 Å². The monoisotopic (exact) mass is 288 g/mol. The maximum Gasteiger partial charge on any atom is 0.336 e. The Bertz CT molecular complexity index is 1050. The molecular formula is C18H12N2O2. The maximum atomic E-state index is 11.6. The minimum absolute atomic E-state index is 0.375. The largest absolute Gasteiger partial charge is 0.422 e. The van der Waals surface area contributed by atoms with Crippen LogP contribution < -0.4 is 5.63 Å². The first kappa shape index (κ1) is 12.7. The zero-order chi connectivity index (χ0) is 15.1. The molecule has 4 heteroatoms. The molecule has 0 N–H and O–H groups in total. The molecule has 0 saturated heterocycles. The SMILES string of the molecule is Cc1ccc2c(n1)nc(-c1ccccc1)c1ccc(=O)oc12. The number of rotatable bonds is 1. The van der Waals surface area contributed by atoms with Crippen LogP contribution in [-0.2, 0) is 0 Å². The maximum absolute atomic E-state index is 11.6. The van der Waals surface area contributed by atoms with Gasteiger partial charge in [0.15, 0.2) is 11.2 Å². The lowest BCUT2D eigenvalue weighted by Gasteiger charge is -2.08. The van der Waals surface area contributed by atoms with E-state index in [1.54, 1.807) is 6.07 Å². The molecule has 0 aliphatic carbocycles. The number of benzene rings is 1. The number of aromatic nitrogens is 2. The summed E-state index contributed by atoms with van der Waals surface area (Å²) in [5, 5.41) is 1.56. The molecule has 0 aliphatic heterocycles. The summed E-state index contributed by atoms with van der Waals surface area (Å²) in [6.07, 6.45) is 0. The number of hydrogen-bond acceptors (Lipinski definition) is 4. The summed E-state index contributed by atoms with van der Waals surface area (Å²) in [5.74, 6) is 0. The summed E-state index contributed by atoms with van der Waals surface area (Å²) in [4.78, 5) is 20.8. The molecule has 4 rings (SSSR count). The van der Waals surface area contributed by atoms with Crippen LogP contribution in [0, 0.1) is 6.92 Å². The van der Waals surface area contributed by atoms with Crippen LogP contribution >= 0.6 is 0 Å². The van der Waals surface area contributed by atoms with Gasteiger partial charge in [0, 0.05) is 22.7 Å². The first-order chi connectivity index (χ1) is 10.7. The molecule has 0 spiro atoms. The molecule has 0 amide bonds. The van der Waals surface area contributed by atoms with E-state index in [1.807, 2.05) is 49.4 Å². The van der Waals surface area contributed by atoms with Gasteiger partial charge in [0.1, 0.15) is 0 Å². The third-order valence-electron chi connectivity index (χ3n) is 3.61. The summed E-state index contributed by atoms with van der Waals surface area (Å²) < 4.78 is 5.44. The van der Waals surface area contributed by atoms with E-state index < -0.39 is 0 Å². The molecule has 3 aromatic heterocycles. The normalized spacial score (nSPS) is 11.1. The molecule has 0 fully saturated rings. The first-order valence-corrected chi connectivity index (χ1v) is 6.99. The molecule has 22 heavy (non-hydrogen) atoms. The Morgan fingerprint density at radius 3 is 2.45 bits per heavy atom. The van der Waals surface area contributed by atoms with Crippen LogP contribution in [0.15, 0.2) is 63.8 Å². The predicted molar refractivity (Wildman–Crippen MR) is 85.8 cm³/mol. The van der Waals surface area contributed by atoms with Crippen LogP contribution in [0.25, 0.3) is 33.3 Å². The van der Waals surface area contributed by atoms with Gasteiger partial charge in [-0.2, -0.15) is 0 Å². The minimum atomic E-state index is -0.375. The van der Waals surface area contributed by atoms with E-state index in [4.69, 9.17) is 9.40 Å². The molecule has 0 saturated carbocycles. The fourth-order valence-electron chi connectivity index (χ4n) is 2.59. The molecule has 4 aromatic rings. The second kappa shape index (κ2) is 4.77. The number of fused-ring (bicyclic) bond motifs is 3. The van der Waals surface area contributed by atoms with Gasteiger partial charge in [-0.1, -0.05) is 30.3 Å². The third-order valence-corrected chi connectivity index (χ3v) is 3.61. The molecular weight excluding hydrogens is 276 g/mol. The number of pyridine rings is 2. The number of hydrogen-bond donors (Lipinski definition) is 0. The van der Waals surface area contributed by atoms with E-state index in [-0.39, 0.29) is 5.63 Å². The minimum Gasteiger partial charge on any atom is -0.422 e. The van der Waals surface area contributed by atoms with Gasteiger partial charge in [-0.05, 0) is 25.1 Å². The molecule has 106 valence electrons. The van der Waals surface area contributed by atoms with Crippen molar-refractivity contribution in [2.24, 2.45) is 0 Å². The lowest BCUT2D eigenvalue weighted by atomic mass is 10.1. The molecule has 1 aromatic carbocycles. The van der Waals surface area contributed by atoms with Crippen molar-refractivity contribution >= 4 is 22.0 Å². The summed E-state index contributed by atoms with van der Waals surface area (Å²) in [6, 6.07) is 16.8. The highest BCUT2D eigenvalue weighted by Gasteiger charge is 2.13. The van der Waals surface area contributed by atoms with E-state index in [2.05, 4.69) is 4.98 Å². The summed E-state index contributed by atoms with van der Waals surface area (Å²) >= 11 is 0. The second-order valence-corrected chi connectivity index (χ2v) is 5.15. The third kappa shape index (κ3) is 1.97. The molecule has 3 heterocycles. The van der Waals surface area contributed by atoms with Crippen molar-refractivity contribution < 1.29 is 4.42 Å². The average molecular weight is 288 g/mol. The topological polar surface area (TPSA) is 56.0 Å². The summed E-state index contributed by atoms with van der Waals surface area (Å²) in [7, 11) is 0. The van der Waals surface area contributed by atoms with Crippen molar-refractivity contribution in [3.8, 4) is 11.3 Å². The number of nitrogens with zero attached hydrogens (tertiary/aromatic N) is 2. The molecule has 0 unspecified atom stereocenters. The zero-order valence-electron chi connectivity index (χ0n) is 11.9. The lowest BCUT2D eigenvalue weighted by Crippen LogP contribution is -1.99. The highest BCUT2D eigenvalue weighted by Crippen LogP contribution is 2.30. The standard InChI is InChI=1S/C18H12N2O2/c1-11-7-8-14-17-13(9-10-15(21)22-17)16(20-18(14)19-11)12-5-3-2-4-6-12/h2-10H,1H3. The Balaban J connectivity index is 2.21. The average Bonchev–Trinajstić information content (AvgIpc) is 2.54. The fraction of sp³-hybridized carbons (Fsp3) is 0.0556. The Kier molecular flexibility index (Phi) is 2.76. The molecule has 0 atom stereocenters. The predicted octanol–water partition coefficient (Wildman–Crippen LogP) is 3.71. The van der Waals surface area contributed by atoms with Gasteiger partial charge in [0.25, 0.3) is 0 Å². The van der Waals surface area contributed by atoms with Gasteiger partial charge in [0.2, 0.25) is 0 Å². The van der Waals surface area contributed by atoms with E-state index in [0.717, 1.165) is 27.7 Å². The molecule has 0 aliphatic rings. The smallest absolute Gasteiger partial charge is 0.336 e. The number of aryl methyl sites for hydroxylation is 1. The van der Waals surface area contributed by atoms with Crippen molar-refractivity contribution in [3.63, 3.8) is 0 Å². The second-order valence-electron chi connectivity index (χ2n) is 5.15. The van der Waals surface area contributed by atoms with Gasteiger partial charge in [0.05, 0.1) is 11.1 Å². The Hall–Kier alpha value is -3.01. The van der Waals surface area contributed by atoms with Gasteiger partial charge in [-0.3, -0.25) is 0 Å². The lowest BCUT2D eigenvalue weighted by molar-refractivity contribution is 0.564. The van der Waals surface area contributed by atoms with Gasteiger partial charge in [-0.25, -0.2) is 14.8 Å². The van der Waals surface area contributed by atoms with E-state index in [9.17, 15) is 4.79 Å². The van der Waals surface area contributed by atoms with Crippen LogP contribution in [0.3, 0.4) is 0 Å². The van der Waals surface area contributed by atoms with Crippen molar-refractivity contribution in [2.45, 2.75) is 6.92 Å². The molecule has 0 bridgehead atoms. The first-order valence-electron chi connectivity index (χ1n) is 6.99. The highest BCUT2D eigenvalue weighted by molar-refractivity contribution is 6.06. The van der Waals surface area contributed by atoms with Crippen LogP contribution in [0.1, 0.15) is 5.69 Å².